The number of alkyl halides is 2. The molecule has 5 heteroatoms. The van der Waals surface area contributed by atoms with Crippen LogP contribution in [-0.2, 0) is 11.0 Å². The zero-order chi connectivity index (χ0) is 7.78. The minimum absolute atomic E-state index is 0.0625. The van der Waals surface area contributed by atoms with Crippen molar-refractivity contribution in [2.75, 3.05) is 5.75 Å². The zero-order valence-corrected chi connectivity index (χ0v) is 6.16. The van der Waals surface area contributed by atoms with Gasteiger partial charge >= 0.3 is 0 Å². The molecule has 1 rings (SSSR count). The highest BCUT2D eigenvalue weighted by molar-refractivity contribution is 7.82. The Balaban J connectivity index is 2.37. The highest BCUT2D eigenvalue weighted by Gasteiger charge is 2.48. The van der Waals surface area contributed by atoms with Crippen LogP contribution in [0.4, 0.5) is 8.78 Å². The molecule has 2 unspecified atom stereocenters. The van der Waals surface area contributed by atoms with Gasteiger partial charge in [-0.2, -0.15) is 0 Å². The Morgan fingerprint density at radius 3 is 2.40 bits per heavy atom. The van der Waals surface area contributed by atoms with Crippen molar-refractivity contribution in [2.24, 2.45) is 11.1 Å². The molecule has 1 aliphatic carbocycles. The van der Waals surface area contributed by atoms with Gasteiger partial charge in [-0.15, -0.1) is 0 Å². The summed E-state index contributed by atoms with van der Waals surface area (Å²) in [5.41, 5.74) is 0. The highest BCUT2D eigenvalue weighted by Crippen LogP contribution is 2.43. The smallest absolute Gasteiger partial charge is 0.251 e. The summed E-state index contributed by atoms with van der Waals surface area (Å²) in [6.45, 7) is 0. The first-order valence-corrected chi connectivity index (χ1v) is 4.41. The maximum atomic E-state index is 12.4. The van der Waals surface area contributed by atoms with E-state index in [1.54, 1.807) is 0 Å². The van der Waals surface area contributed by atoms with Gasteiger partial charge in [0.05, 0.1) is 11.0 Å². The lowest BCUT2D eigenvalue weighted by Crippen LogP contribution is -2.42. The molecule has 2 atom stereocenters. The van der Waals surface area contributed by atoms with Crippen LogP contribution in [0.15, 0.2) is 0 Å². The Kier molecular flexibility index (Phi) is 2.05. The largest absolute Gasteiger partial charge is 0.252 e. The van der Waals surface area contributed by atoms with E-state index >= 15 is 0 Å². The van der Waals surface area contributed by atoms with E-state index in [0.717, 1.165) is 0 Å². The topological polar surface area (TPSA) is 43.1 Å². The first-order chi connectivity index (χ1) is 4.52. The maximum absolute atomic E-state index is 12.4. The van der Waals surface area contributed by atoms with Crippen molar-refractivity contribution < 1.29 is 13.0 Å². The number of hydrogen-bond donors (Lipinski definition) is 1. The van der Waals surface area contributed by atoms with Gasteiger partial charge in [0.25, 0.3) is 5.92 Å². The van der Waals surface area contributed by atoms with Crippen LogP contribution in [0.5, 0.6) is 0 Å². The first-order valence-electron chi connectivity index (χ1n) is 3.03. The molecular formula is C5H9F2NOS. The number of halogens is 2. The van der Waals surface area contributed by atoms with E-state index in [1.807, 2.05) is 0 Å². The quantitative estimate of drug-likeness (QED) is 0.648. The molecule has 0 aromatic heterocycles. The summed E-state index contributed by atoms with van der Waals surface area (Å²) in [6.07, 6.45) is 0.380. The third-order valence-corrected chi connectivity index (χ3v) is 2.52. The molecule has 0 amide bonds. The molecule has 1 saturated carbocycles. The predicted octanol–water partition coefficient (Wildman–Crippen LogP) is 0.654. The molecule has 1 fully saturated rings. The lowest BCUT2D eigenvalue weighted by atomic mass is 9.82. The second-order valence-corrected chi connectivity index (χ2v) is 3.64. The van der Waals surface area contributed by atoms with Crippen LogP contribution < -0.4 is 5.14 Å². The van der Waals surface area contributed by atoms with E-state index in [-0.39, 0.29) is 12.2 Å². The molecular weight excluding hydrogens is 160 g/mol. The minimum Gasteiger partial charge on any atom is -0.252 e. The molecule has 2 N–H and O–H groups in total. The van der Waals surface area contributed by atoms with Crippen molar-refractivity contribution >= 4 is 11.0 Å². The minimum atomic E-state index is -2.60. The van der Waals surface area contributed by atoms with Crippen molar-refractivity contribution in [2.45, 2.75) is 18.8 Å². The number of hydrogen-bond acceptors (Lipinski definition) is 1. The molecule has 0 bridgehead atoms. The lowest BCUT2D eigenvalue weighted by Gasteiger charge is -2.35. The predicted molar refractivity (Wildman–Crippen MR) is 34.9 cm³/mol. The van der Waals surface area contributed by atoms with E-state index in [9.17, 15) is 13.0 Å². The molecule has 2 nitrogen and oxygen atoms in total. The summed E-state index contributed by atoms with van der Waals surface area (Å²) >= 11 is 0. The molecule has 0 spiro atoms. The van der Waals surface area contributed by atoms with Crippen molar-refractivity contribution in [1.29, 1.82) is 0 Å². The molecule has 0 aromatic carbocycles. The van der Waals surface area contributed by atoms with Crippen molar-refractivity contribution in [1.82, 2.24) is 0 Å². The summed E-state index contributed by atoms with van der Waals surface area (Å²) in [6, 6.07) is 0. The van der Waals surface area contributed by atoms with Gasteiger partial charge in [-0.1, -0.05) is 0 Å². The number of nitrogens with two attached hydrogens (primary N) is 1. The normalized spacial score (nSPS) is 32.9. The van der Waals surface area contributed by atoms with Crippen LogP contribution in [0.1, 0.15) is 12.8 Å². The molecule has 0 aromatic rings. The highest BCUT2D eigenvalue weighted by atomic mass is 32.2. The van der Waals surface area contributed by atoms with Gasteiger partial charge in [0.1, 0.15) is 0 Å². The average Bonchev–Trinajstić information content (AvgIpc) is 1.81. The summed E-state index contributed by atoms with van der Waals surface area (Å²) in [5, 5.41) is 4.86. The zero-order valence-electron chi connectivity index (χ0n) is 5.35. The van der Waals surface area contributed by atoms with E-state index in [1.165, 1.54) is 0 Å². The summed E-state index contributed by atoms with van der Waals surface area (Å²) in [7, 11) is -1.57. The van der Waals surface area contributed by atoms with Gasteiger partial charge in [0, 0.05) is 18.1 Å². The molecule has 1 aliphatic rings. The van der Waals surface area contributed by atoms with Crippen molar-refractivity contribution in [3.05, 3.63) is 0 Å². The Bertz CT molecular complexity index is 162. The fraction of sp³-hybridized carbons (Fsp3) is 1.00. The monoisotopic (exact) mass is 169 g/mol. The van der Waals surface area contributed by atoms with Gasteiger partial charge in [-0.25, -0.2) is 13.0 Å². The van der Waals surface area contributed by atoms with Gasteiger partial charge in [-0.3, -0.25) is 5.14 Å². The van der Waals surface area contributed by atoms with E-state index in [2.05, 4.69) is 0 Å². The molecule has 0 heterocycles. The molecule has 0 aliphatic heterocycles. The second kappa shape index (κ2) is 2.54. The molecule has 0 radical (unpaired) electrons. The molecule has 10 heavy (non-hydrogen) atoms. The van der Waals surface area contributed by atoms with Crippen LogP contribution in [0.25, 0.3) is 0 Å². The van der Waals surface area contributed by atoms with Gasteiger partial charge in [0.15, 0.2) is 0 Å². The van der Waals surface area contributed by atoms with Crippen LogP contribution in [0.2, 0.25) is 0 Å². The molecule has 60 valence electrons. The van der Waals surface area contributed by atoms with Crippen LogP contribution in [0, 0.1) is 5.92 Å². The van der Waals surface area contributed by atoms with Crippen molar-refractivity contribution in [3.63, 3.8) is 0 Å². The summed E-state index contributed by atoms with van der Waals surface area (Å²) < 4.78 is 35.0. The average molecular weight is 169 g/mol. The second-order valence-electron chi connectivity index (χ2n) is 2.54. The summed E-state index contributed by atoms with van der Waals surface area (Å²) in [4.78, 5) is 0. The van der Waals surface area contributed by atoms with Gasteiger partial charge in [-0.05, 0) is 6.42 Å². The van der Waals surface area contributed by atoms with Crippen LogP contribution in [0.3, 0.4) is 0 Å². The third-order valence-electron chi connectivity index (χ3n) is 1.79. The lowest BCUT2D eigenvalue weighted by molar-refractivity contribution is -0.122. The fourth-order valence-corrected chi connectivity index (χ4v) is 1.78. The Morgan fingerprint density at radius 2 is 2.30 bits per heavy atom. The van der Waals surface area contributed by atoms with E-state index in [4.69, 9.17) is 5.14 Å². The van der Waals surface area contributed by atoms with E-state index < -0.39 is 22.8 Å². The number of rotatable bonds is 2. The maximum Gasteiger partial charge on any atom is 0.251 e. The Morgan fingerprint density at radius 1 is 1.70 bits per heavy atom. The van der Waals surface area contributed by atoms with Crippen LogP contribution in [-0.4, -0.2) is 15.9 Å². The van der Waals surface area contributed by atoms with Gasteiger partial charge < -0.3 is 0 Å². The van der Waals surface area contributed by atoms with Gasteiger partial charge in [0.2, 0.25) is 0 Å². The fourth-order valence-electron chi connectivity index (χ4n) is 0.970. The van der Waals surface area contributed by atoms with Crippen molar-refractivity contribution in [3.8, 4) is 0 Å². The van der Waals surface area contributed by atoms with E-state index in [0.29, 0.717) is 6.42 Å². The standard InChI is InChI=1S/C5H9F2NOS/c6-5(7)2-1-4(5)3-10(8)9/h4H,1-3,8H2. The van der Waals surface area contributed by atoms with Crippen LogP contribution >= 0.6 is 0 Å². The SMILES string of the molecule is NS(=O)CC1CCC1(F)F. The Labute approximate surface area is 60.4 Å². The molecule has 0 saturated heterocycles. The summed E-state index contributed by atoms with van der Waals surface area (Å²) in [5.74, 6) is -3.40. The third kappa shape index (κ3) is 1.52. The first kappa shape index (κ1) is 8.07. The Hall–Kier alpha value is -0.0300.